The molecular weight excluding hydrogens is 272 g/mol. The predicted octanol–water partition coefficient (Wildman–Crippen LogP) is 0.533. The summed E-state index contributed by atoms with van der Waals surface area (Å²) in [6.45, 7) is 4.23. The van der Waals surface area contributed by atoms with E-state index >= 15 is 0 Å². The van der Waals surface area contributed by atoms with Gasteiger partial charge in [0.05, 0.1) is 7.11 Å². The van der Waals surface area contributed by atoms with E-state index in [-0.39, 0.29) is 18.2 Å². The van der Waals surface area contributed by atoms with E-state index in [1.165, 1.54) is 0 Å². The van der Waals surface area contributed by atoms with Crippen LogP contribution in [0.2, 0.25) is 0 Å². The number of primary amides is 1. The molecule has 1 aromatic carbocycles. The van der Waals surface area contributed by atoms with Crippen LogP contribution in [0, 0.1) is 0 Å². The Bertz CT molecular complexity index is 541. The van der Waals surface area contributed by atoms with Gasteiger partial charge in [0.25, 0.3) is 0 Å². The van der Waals surface area contributed by atoms with Crippen LogP contribution in [-0.2, 0) is 11.3 Å². The van der Waals surface area contributed by atoms with Gasteiger partial charge in [-0.2, -0.15) is 0 Å². The highest BCUT2D eigenvalue weighted by Crippen LogP contribution is 2.21. The zero-order valence-corrected chi connectivity index (χ0v) is 12.5. The SMILES string of the molecule is COc1ccc(/C(N)=N/O)cc1CNC(C)(C)CC(N)=O. The van der Waals surface area contributed by atoms with E-state index in [2.05, 4.69) is 10.5 Å². The number of hydrogen-bond donors (Lipinski definition) is 4. The summed E-state index contributed by atoms with van der Waals surface area (Å²) >= 11 is 0. The molecule has 0 bridgehead atoms. The first kappa shape index (κ1) is 16.8. The van der Waals surface area contributed by atoms with Crippen molar-refractivity contribution < 1.29 is 14.7 Å². The van der Waals surface area contributed by atoms with Crippen LogP contribution in [0.1, 0.15) is 31.4 Å². The van der Waals surface area contributed by atoms with Crippen molar-refractivity contribution in [3.8, 4) is 5.75 Å². The first-order chi connectivity index (χ1) is 9.79. The smallest absolute Gasteiger partial charge is 0.219 e. The fraction of sp³-hybridized carbons (Fsp3) is 0.429. The first-order valence-corrected chi connectivity index (χ1v) is 6.47. The second kappa shape index (κ2) is 6.94. The van der Waals surface area contributed by atoms with Gasteiger partial charge in [0, 0.05) is 29.6 Å². The largest absolute Gasteiger partial charge is 0.496 e. The molecule has 0 aliphatic rings. The Morgan fingerprint density at radius 3 is 2.62 bits per heavy atom. The number of nitrogens with one attached hydrogen (secondary N) is 1. The third-order valence-corrected chi connectivity index (χ3v) is 3.06. The lowest BCUT2D eigenvalue weighted by atomic mass is 9.99. The van der Waals surface area contributed by atoms with Crippen molar-refractivity contribution in [1.29, 1.82) is 0 Å². The van der Waals surface area contributed by atoms with Gasteiger partial charge in [-0.1, -0.05) is 5.16 Å². The third kappa shape index (κ3) is 4.96. The molecule has 7 nitrogen and oxygen atoms in total. The molecule has 1 amide bonds. The Kier molecular flexibility index (Phi) is 5.54. The summed E-state index contributed by atoms with van der Waals surface area (Å²) in [6, 6.07) is 5.21. The summed E-state index contributed by atoms with van der Waals surface area (Å²) in [6.07, 6.45) is 0.218. The van der Waals surface area contributed by atoms with Gasteiger partial charge in [-0.05, 0) is 32.0 Å². The number of carbonyl (C=O) groups excluding carboxylic acids is 1. The maximum atomic E-state index is 11.0. The number of methoxy groups -OCH3 is 1. The van der Waals surface area contributed by atoms with Gasteiger partial charge in [0.1, 0.15) is 5.75 Å². The Morgan fingerprint density at radius 1 is 1.43 bits per heavy atom. The Hall–Kier alpha value is -2.28. The van der Waals surface area contributed by atoms with E-state index in [0.717, 1.165) is 5.56 Å². The van der Waals surface area contributed by atoms with Crippen LogP contribution in [0.3, 0.4) is 0 Å². The normalized spacial score (nSPS) is 12.2. The number of nitrogens with zero attached hydrogens (tertiary/aromatic N) is 1. The van der Waals surface area contributed by atoms with E-state index in [4.69, 9.17) is 21.4 Å². The van der Waals surface area contributed by atoms with Crippen molar-refractivity contribution in [3.05, 3.63) is 29.3 Å². The molecule has 0 heterocycles. The van der Waals surface area contributed by atoms with Crippen LogP contribution in [-0.4, -0.2) is 29.6 Å². The molecule has 0 unspecified atom stereocenters. The van der Waals surface area contributed by atoms with Crippen LogP contribution in [0.4, 0.5) is 0 Å². The minimum atomic E-state index is -0.441. The van der Waals surface area contributed by atoms with Gasteiger partial charge in [-0.3, -0.25) is 4.79 Å². The molecule has 6 N–H and O–H groups in total. The Morgan fingerprint density at radius 2 is 2.10 bits per heavy atom. The van der Waals surface area contributed by atoms with Crippen LogP contribution in [0.25, 0.3) is 0 Å². The monoisotopic (exact) mass is 294 g/mol. The van der Waals surface area contributed by atoms with Gasteiger partial charge >= 0.3 is 0 Å². The van der Waals surface area contributed by atoms with E-state index in [9.17, 15) is 4.79 Å². The molecule has 1 rings (SSSR count). The van der Waals surface area contributed by atoms with E-state index in [1.54, 1.807) is 25.3 Å². The van der Waals surface area contributed by atoms with Crippen molar-refractivity contribution in [2.45, 2.75) is 32.4 Å². The van der Waals surface area contributed by atoms with Gasteiger partial charge in [0.15, 0.2) is 5.84 Å². The highest BCUT2D eigenvalue weighted by atomic mass is 16.5. The lowest BCUT2D eigenvalue weighted by Crippen LogP contribution is -2.42. The molecule has 0 fully saturated rings. The number of carbonyl (C=O) groups is 1. The minimum absolute atomic E-state index is 0.0234. The number of nitrogens with two attached hydrogens (primary N) is 2. The maximum Gasteiger partial charge on any atom is 0.219 e. The minimum Gasteiger partial charge on any atom is -0.496 e. The summed E-state index contributed by atoms with van der Waals surface area (Å²) < 4.78 is 5.29. The summed E-state index contributed by atoms with van der Waals surface area (Å²) in [5.41, 5.74) is 11.8. The van der Waals surface area contributed by atoms with Crippen molar-refractivity contribution in [3.63, 3.8) is 0 Å². The van der Waals surface area contributed by atoms with Crippen molar-refractivity contribution in [1.82, 2.24) is 5.32 Å². The molecule has 21 heavy (non-hydrogen) atoms. The fourth-order valence-corrected chi connectivity index (χ4v) is 1.97. The molecule has 0 aromatic heterocycles. The maximum absolute atomic E-state index is 11.0. The van der Waals surface area contributed by atoms with Gasteiger partial charge in [0.2, 0.25) is 5.91 Å². The molecule has 0 atom stereocenters. The number of oxime groups is 1. The number of hydrogen-bond acceptors (Lipinski definition) is 5. The van der Waals surface area contributed by atoms with Crippen LogP contribution in [0.5, 0.6) is 5.75 Å². The second-order valence-corrected chi connectivity index (χ2v) is 5.39. The van der Waals surface area contributed by atoms with Crippen LogP contribution < -0.4 is 21.5 Å². The van der Waals surface area contributed by atoms with Gasteiger partial charge in [-0.25, -0.2) is 0 Å². The molecule has 0 spiro atoms. The topological polar surface area (TPSA) is 123 Å². The molecule has 0 aliphatic carbocycles. The fourth-order valence-electron chi connectivity index (χ4n) is 1.97. The Labute approximate surface area is 123 Å². The second-order valence-electron chi connectivity index (χ2n) is 5.39. The zero-order chi connectivity index (χ0) is 16.0. The molecule has 0 aliphatic heterocycles. The van der Waals surface area contributed by atoms with Crippen molar-refractivity contribution in [2.75, 3.05) is 7.11 Å². The van der Waals surface area contributed by atoms with Crippen LogP contribution in [0.15, 0.2) is 23.4 Å². The standard InChI is InChI=1S/C14H22N4O3/c1-14(2,7-12(15)19)17-8-10-6-9(13(16)18-20)4-5-11(10)21-3/h4-6,17,20H,7-8H2,1-3H3,(H2,15,19)(H2,16,18). The molecular formula is C14H22N4O3. The highest BCUT2D eigenvalue weighted by molar-refractivity contribution is 5.97. The molecule has 7 heteroatoms. The van der Waals surface area contributed by atoms with Gasteiger partial charge < -0.3 is 26.7 Å². The number of amidine groups is 1. The Balaban J connectivity index is 2.93. The number of rotatable bonds is 7. The average molecular weight is 294 g/mol. The summed E-state index contributed by atoms with van der Waals surface area (Å²) in [5.74, 6) is 0.326. The zero-order valence-electron chi connectivity index (χ0n) is 12.5. The van der Waals surface area contributed by atoms with E-state index in [1.807, 2.05) is 13.8 Å². The van der Waals surface area contributed by atoms with Gasteiger partial charge in [-0.15, -0.1) is 0 Å². The lowest BCUT2D eigenvalue weighted by Gasteiger charge is -2.25. The van der Waals surface area contributed by atoms with E-state index < -0.39 is 5.54 Å². The molecule has 116 valence electrons. The third-order valence-electron chi connectivity index (χ3n) is 3.06. The summed E-state index contributed by atoms with van der Waals surface area (Å²) in [4.78, 5) is 11.0. The number of benzene rings is 1. The quantitative estimate of drug-likeness (QED) is 0.253. The molecule has 1 aromatic rings. The van der Waals surface area contributed by atoms with E-state index in [0.29, 0.717) is 17.9 Å². The first-order valence-electron chi connectivity index (χ1n) is 6.47. The molecule has 0 radical (unpaired) electrons. The van der Waals surface area contributed by atoms with Crippen molar-refractivity contribution >= 4 is 11.7 Å². The lowest BCUT2D eigenvalue weighted by molar-refractivity contribution is -0.119. The molecule has 0 saturated heterocycles. The summed E-state index contributed by atoms with van der Waals surface area (Å²) in [7, 11) is 1.57. The molecule has 0 saturated carbocycles. The predicted molar refractivity (Wildman–Crippen MR) is 80.2 cm³/mol. The highest BCUT2D eigenvalue weighted by Gasteiger charge is 2.20. The summed E-state index contributed by atoms with van der Waals surface area (Å²) in [5, 5.41) is 14.9. The number of ether oxygens (including phenoxy) is 1. The average Bonchev–Trinajstić information content (AvgIpc) is 2.42. The number of amides is 1. The van der Waals surface area contributed by atoms with Crippen molar-refractivity contribution in [2.24, 2.45) is 16.6 Å². The van der Waals surface area contributed by atoms with Crippen LogP contribution >= 0.6 is 0 Å².